The van der Waals surface area contributed by atoms with Gasteiger partial charge in [0.2, 0.25) is 6.79 Å². The number of nitrogens with zero attached hydrogens (tertiary/aromatic N) is 3. The number of fused-ring (bicyclic) bond motifs is 1. The van der Waals surface area contributed by atoms with E-state index in [1.807, 2.05) is 73.0 Å². The van der Waals surface area contributed by atoms with E-state index in [9.17, 15) is 9.59 Å². The molecule has 1 aliphatic rings. The minimum atomic E-state index is -0.296. The number of ether oxygens (including phenoxy) is 2. The molecule has 33 heavy (non-hydrogen) atoms. The topological polar surface area (TPSA) is 91.1 Å². The first kappa shape index (κ1) is 21.1. The van der Waals surface area contributed by atoms with Crippen molar-refractivity contribution in [3.8, 4) is 17.2 Å². The first-order chi connectivity index (χ1) is 16.0. The second-order valence-electron chi connectivity index (χ2n) is 7.75. The molecule has 0 bridgehead atoms. The largest absolute Gasteiger partial charge is 0.454 e. The van der Waals surface area contributed by atoms with Gasteiger partial charge in [-0.25, -0.2) is 9.89 Å². The van der Waals surface area contributed by atoms with Crippen LogP contribution in [-0.2, 0) is 6.54 Å². The normalized spacial score (nSPS) is 12.3. The number of carbonyl (C=O) groups is 1. The van der Waals surface area contributed by atoms with Gasteiger partial charge in [0.15, 0.2) is 22.4 Å². The smallest absolute Gasteiger partial charge is 0.344 e. The quantitative estimate of drug-likeness (QED) is 0.332. The summed E-state index contributed by atoms with van der Waals surface area (Å²) < 4.78 is 14.5. The molecule has 3 heterocycles. The molecule has 9 heteroatoms. The Labute approximate surface area is 194 Å². The highest BCUT2D eigenvalue weighted by molar-refractivity contribution is 7.99. The van der Waals surface area contributed by atoms with Crippen LogP contribution in [0.4, 0.5) is 0 Å². The van der Waals surface area contributed by atoms with Crippen LogP contribution in [0.15, 0.2) is 64.5 Å². The van der Waals surface area contributed by atoms with E-state index in [1.165, 1.54) is 11.8 Å². The van der Waals surface area contributed by atoms with Gasteiger partial charge >= 0.3 is 5.69 Å². The molecule has 0 amide bonds. The highest BCUT2D eigenvalue weighted by Crippen LogP contribution is 2.35. The van der Waals surface area contributed by atoms with Gasteiger partial charge < -0.3 is 14.0 Å². The van der Waals surface area contributed by atoms with Gasteiger partial charge in [0.1, 0.15) is 0 Å². The SMILES string of the molecule is Cc1cc(C(=O)CSc2n[nH]c(=O)n2Cc2ccccc2)c(C)n1-c1ccc2c(c1)OCO2. The van der Waals surface area contributed by atoms with Crippen molar-refractivity contribution in [3.05, 3.63) is 87.6 Å². The zero-order valence-electron chi connectivity index (χ0n) is 18.2. The van der Waals surface area contributed by atoms with Gasteiger partial charge in [-0.3, -0.25) is 9.36 Å². The Hall–Kier alpha value is -3.72. The van der Waals surface area contributed by atoms with Crippen LogP contribution in [0, 0.1) is 13.8 Å². The lowest BCUT2D eigenvalue weighted by Crippen LogP contribution is -2.18. The molecule has 0 spiro atoms. The fourth-order valence-electron chi connectivity index (χ4n) is 3.99. The first-order valence-corrected chi connectivity index (χ1v) is 11.4. The number of aromatic amines is 1. The van der Waals surface area contributed by atoms with Crippen LogP contribution in [0.1, 0.15) is 27.3 Å². The van der Waals surface area contributed by atoms with Crippen molar-refractivity contribution < 1.29 is 14.3 Å². The van der Waals surface area contributed by atoms with Gasteiger partial charge in [0.05, 0.1) is 12.3 Å². The lowest BCUT2D eigenvalue weighted by atomic mass is 10.2. The van der Waals surface area contributed by atoms with Gasteiger partial charge in [-0.2, -0.15) is 0 Å². The third-order valence-electron chi connectivity index (χ3n) is 5.59. The Morgan fingerprint density at radius 2 is 1.88 bits per heavy atom. The number of rotatable bonds is 7. The van der Waals surface area contributed by atoms with Crippen molar-refractivity contribution in [1.29, 1.82) is 0 Å². The number of aryl methyl sites for hydroxylation is 1. The molecule has 0 aliphatic carbocycles. The summed E-state index contributed by atoms with van der Waals surface area (Å²) in [4.78, 5) is 25.3. The van der Waals surface area contributed by atoms with Crippen LogP contribution < -0.4 is 15.2 Å². The standard InChI is InChI=1S/C24H22N4O4S/c1-15-10-19(16(2)28(15)18-8-9-21-22(11-18)32-14-31-21)20(29)13-33-24-26-25-23(30)27(24)12-17-6-4-3-5-7-17/h3-11H,12-14H2,1-2H3,(H,25,30). The predicted octanol–water partition coefficient (Wildman–Crippen LogP) is 3.73. The summed E-state index contributed by atoms with van der Waals surface area (Å²) in [7, 11) is 0. The van der Waals surface area contributed by atoms with E-state index in [-0.39, 0.29) is 24.0 Å². The molecule has 5 rings (SSSR count). The maximum Gasteiger partial charge on any atom is 0.344 e. The zero-order chi connectivity index (χ0) is 22.9. The zero-order valence-corrected chi connectivity index (χ0v) is 19.0. The molecule has 0 fully saturated rings. The van der Waals surface area contributed by atoms with Crippen molar-refractivity contribution >= 4 is 17.5 Å². The van der Waals surface area contributed by atoms with Crippen LogP contribution >= 0.6 is 11.8 Å². The first-order valence-electron chi connectivity index (χ1n) is 10.5. The second kappa shape index (κ2) is 8.67. The number of ketones is 1. The molecular weight excluding hydrogens is 440 g/mol. The fraction of sp³-hybridized carbons (Fsp3) is 0.208. The van der Waals surface area contributed by atoms with E-state index >= 15 is 0 Å². The number of H-pyrrole nitrogens is 1. The minimum Gasteiger partial charge on any atom is -0.454 e. The maximum atomic E-state index is 13.1. The molecule has 168 valence electrons. The predicted molar refractivity (Wildman–Crippen MR) is 125 cm³/mol. The van der Waals surface area contributed by atoms with Gasteiger partial charge in [-0.15, -0.1) is 5.10 Å². The Morgan fingerprint density at radius 1 is 1.09 bits per heavy atom. The van der Waals surface area contributed by atoms with Crippen LogP contribution in [-0.4, -0.2) is 37.7 Å². The highest BCUT2D eigenvalue weighted by atomic mass is 32.2. The average molecular weight is 463 g/mol. The number of carbonyl (C=O) groups excluding carboxylic acids is 1. The van der Waals surface area contributed by atoms with Crippen molar-refractivity contribution in [1.82, 2.24) is 19.3 Å². The van der Waals surface area contributed by atoms with E-state index in [2.05, 4.69) is 10.2 Å². The lowest BCUT2D eigenvalue weighted by Gasteiger charge is -2.11. The van der Waals surface area contributed by atoms with Crippen LogP contribution in [0.5, 0.6) is 11.5 Å². The molecular formula is C24H22N4O4S. The van der Waals surface area contributed by atoms with Gasteiger partial charge in [-0.05, 0) is 37.6 Å². The van der Waals surface area contributed by atoms with Gasteiger partial charge in [-0.1, -0.05) is 42.1 Å². The third-order valence-corrected chi connectivity index (χ3v) is 6.56. The minimum absolute atomic E-state index is 0.0261. The number of hydrogen-bond donors (Lipinski definition) is 1. The maximum absolute atomic E-state index is 13.1. The Bertz CT molecular complexity index is 1390. The Morgan fingerprint density at radius 3 is 2.70 bits per heavy atom. The number of Topliss-reactive ketones (excluding diaryl/α,β-unsaturated/α-hetero) is 1. The number of hydrogen-bond acceptors (Lipinski definition) is 6. The summed E-state index contributed by atoms with van der Waals surface area (Å²) in [5, 5.41) is 7.08. The molecule has 0 saturated heterocycles. The number of benzene rings is 2. The van der Waals surface area contributed by atoms with Crippen LogP contribution in [0.2, 0.25) is 0 Å². The summed E-state index contributed by atoms with van der Waals surface area (Å²) >= 11 is 1.25. The van der Waals surface area contributed by atoms with E-state index in [4.69, 9.17) is 9.47 Å². The molecule has 0 saturated carbocycles. The van der Waals surface area contributed by atoms with Crippen molar-refractivity contribution in [2.24, 2.45) is 0 Å². The second-order valence-corrected chi connectivity index (χ2v) is 8.70. The lowest BCUT2D eigenvalue weighted by molar-refractivity contribution is 0.102. The number of thioether (sulfide) groups is 1. The molecule has 8 nitrogen and oxygen atoms in total. The highest BCUT2D eigenvalue weighted by Gasteiger charge is 2.20. The Kier molecular flexibility index (Phi) is 5.55. The van der Waals surface area contributed by atoms with Crippen molar-refractivity contribution in [3.63, 3.8) is 0 Å². The van der Waals surface area contributed by atoms with Crippen LogP contribution in [0.25, 0.3) is 5.69 Å². The molecule has 1 aliphatic heterocycles. The summed E-state index contributed by atoms with van der Waals surface area (Å²) in [6, 6.07) is 17.3. The van der Waals surface area contributed by atoms with Crippen LogP contribution in [0.3, 0.4) is 0 Å². The average Bonchev–Trinajstić information content (AvgIpc) is 3.50. The van der Waals surface area contributed by atoms with E-state index < -0.39 is 0 Å². The number of aromatic nitrogens is 4. The van der Waals surface area contributed by atoms with Crippen molar-refractivity contribution in [2.75, 3.05) is 12.5 Å². The Balaban J connectivity index is 1.35. The molecule has 0 unspecified atom stereocenters. The summed E-state index contributed by atoms with van der Waals surface area (Å²) in [5.74, 6) is 1.56. The molecule has 0 radical (unpaired) electrons. The fourth-order valence-corrected chi connectivity index (χ4v) is 4.82. The molecule has 2 aromatic carbocycles. The molecule has 2 aromatic heterocycles. The molecule has 0 atom stereocenters. The number of nitrogens with one attached hydrogen (secondary N) is 1. The summed E-state index contributed by atoms with van der Waals surface area (Å²) in [5.41, 5.74) is 4.03. The van der Waals surface area contributed by atoms with Crippen molar-refractivity contribution in [2.45, 2.75) is 25.5 Å². The molecule has 4 aromatic rings. The van der Waals surface area contributed by atoms with E-state index in [0.29, 0.717) is 23.0 Å². The third kappa shape index (κ3) is 4.07. The van der Waals surface area contributed by atoms with E-state index in [0.717, 1.165) is 28.4 Å². The van der Waals surface area contributed by atoms with Gasteiger partial charge in [0, 0.05) is 28.7 Å². The van der Waals surface area contributed by atoms with Gasteiger partial charge in [0.25, 0.3) is 0 Å². The van der Waals surface area contributed by atoms with E-state index in [1.54, 1.807) is 4.57 Å². The molecule has 1 N–H and O–H groups in total. The monoisotopic (exact) mass is 462 g/mol. The summed E-state index contributed by atoms with van der Waals surface area (Å²) in [6.07, 6.45) is 0. The summed E-state index contributed by atoms with van der Waals surface area (Å²) in [6.45, 7) is 4.50.